The largest absolute Gasteiger partial charge is 0.444 e. The van der Waals surface area contributed by atoms with Crippen molar-refractivity contribution in [1.29, 1.82) is 0 Å². The van der Waals surface area contributed by atoms with Crippen molar-refractivity contribution in [2.75, 3.05) is 36.4 Å². The normalized spacial score (nSPS) is 14.8. The average molecular weight is 370 g/mol. The molecular weight excluding hydrogens is 344 g/mol. The SMILES string of the molecule is Cc1cc(Nc2ccccn2)nc(N2CCN(C(=O)OC(C)(C)C)CC2)n1. The van der Waals surface area contributed by atoms with Gasteiger partial charge in [-0.3, -0.25) is 0 Å². The summed E-state index contributed by atoms with van der Waals surface area (Å²) in [5.74, 6) is 2.08. The number of pyridine rings is 1. The first-order valence-corrected chi connectivity index (χ1v) is 9.07. The fraction of sp³-hybridized carbons (Fsp3) is 0.474. The van der Waals surface area contributed by atoms with E-state index in [0.29, 0.717) is 37.9 Å². The zero-order chi connectivity index (χ0) is 19.4. The predicted molar refractivity (Wildman–Crippen MR) is 104 cm³/mol. The summed E-state index contributed by atoms with van der Waals surface area (Å²) in [6, 6.07) is 7.55. The van der Waals surface area contributed by atoms with Crippen molar-refractivity contribution in [2.24, 2.45) is 0 Å². The summed E-state index contributed by atoms with van der Waals surface area (Å²) >= 11 is 0. The van der Waals surface area contributed by atoms with Gasteiger partial charge in [0, 0.05) is 44.1 Å². The summed E-state index contributed by atoms with van der Waals surface area (Å²) in [4.78, 5) is 29.4. The quantitative estimate of drug-likeness (QED) is 0.889. The van der Waals surface area contributed by atoms with Crippen LogP contribution >= 0.6 is 0 Å². The first-order chi connectivity index (χ1) is 12.8. The molecule has 8 nitrogen and oxygen atoms in total. The lowest BCUT2D eigenvalue weighted by Gasteiger charge is -2.35. The Morgan fingerprint density at radius 1 is 1.11 bits per heavy atom. The molecule has 0 saturated carbocycles. The van der Waals surface area contributed by atoms with Crippen molar-refractivity contribution in [3.8, 4) is 0 Å². The van der Waals surface area contributed by atoms with Gasteiger partial charge < -0.3 is 19.9 Å². The molecule has 0 aliphatic carbocycles. The molecule has 1 aliphatic rings. The lowest BCUT2D eigenvalue weighted by molar-refractivity contribution is 0.0240. The first-order valence-electron chi connectivity index (χ1n) is 9.07. The molecule has 2 aromatic rings. The van der Waals surface area contributed by atoms with E-state index in [-0.39, 0.29) is 6.09 Å². The van der Waals surface area contributed by atoms with Crippen LogP contribution in [-0.2, 0) is 4.74 Å². The molecule has 1 fully saturated rings. The number of aromatic nitrogens is 3. The summed E-state index contributed by atoms with van der Waals surface area (Å²) < 4.78 is 5.44. The number of aryl methyl sites for hydroxylation is 1. The van der Waals surface area contributed by atoms with Crippen molar-refractivity contribution in [1.82, 2.24) is 19.9 Å². The van der Waals surface area contributed by atoms with Gasteiger partial charge in [0.2, 0.25) is 5.95 Å². The molecule has 0 atom stereocenters. The van der Waals surface area contributed by atoms with Crippen LogP contribution in [0.4, 0.5) is 22.4 Å². The Labute approximate surface area is 159 Å². The van der Waals surface area contributed by atoms with Crippen LogP contribution in [0.2, 0.25) is 0 Å². The summed E-state index contributed by atoms with van der Waals surface area (Å²) in [5.41, 5.74) is 0.382. The van der Waals surface area contributed by atoms with Crippen LogP contribution in [0.3, 0.4) is 0 Å². The molecule has 3 heterocycles. The minimum absolute atomic E-state index is 0.273. The molecule has 1 saturated heterocycles. The average Bonchev–Trinajstić information content (AvgIpc) is 2.61. The Bertz CT molecular complexity index is 783. The number of amides is 1. The summed E-state index contributed by atoms with van der Waals surface area (Å²) in [7, 11) is 0. The molecule has 0 spiro atoms. The number of carbonyl (C=O) groups is 1. The van der Waals surface area contributed by atoms with Crippen LogP contribution in [0.15, 0.2) is 30.5 Å². The van der Waals surface area contributed by atoms with E-state index in [1.807, 2.05) is 52.0 Å². The Kier molecular flexibility index (Phi) is 5.43. The van der Waals surface area contributed by atoms with Crippen LogP contribution in [0.25, 0.3) is 0 Å². The van der Waals surface area contributed by atoms with Gasteiger partial charge in [0.25, 0.3) is 0 Å². The summed E-state index contributed by atoms with van der Waals surface area (Å²) in [6.07, 6.45) is 1.46. The highest BCUT2D eigenvalue weighted by Crippen LogP contribution is 2.19. The number of nitrogens with zero attached hydrogens (tertiary/aromatic N) is 5. The highest BCUT2D eigenvalue weighted by atomic mass is 16.6. The molecule has 0 unspecified atom stereocenters. The molecule has 0 radical (unpaired) electrons. The minimum atomic E-state index is -0.486. The number of hydrogen-bond donors (Lipinski definition) is 1. The smallest absolute Gasteiger partial charge is 0.410 e. The molecule has 0 aromatic carbocycles. The standard InChI is InChI=1S/C19H26N6O2/c1-14-13-16(22-15-7-5-6-8-20-15)23-17(21-14)24-9-11-25(12-10-24)18(26)27-19(2,3)4/h5-8,13H,9-12H2,1-4H3,(H,20,21,22,23). The van der Waals surface area contributed by atoms with E-state index in [0.717, 1.165) is 11.5 Å². The second kappa shape index (κ2) is 7.77. The van der Waals surface area contributed by atoms with Crippen molar-refractivity contribution in [3.05, 3.63) is 36.2 Å². The maximum Gasteiger partial charge on any atom is 0.410 e. The number of piperazine rings is 1. The molecule has 2 aromatic heterocycles. The maximum absolute atomic E-state index is 12.2. The van der Waals surface area contributed by atoms with E-state index in [1.54, 1.807) is 11.1 Å². The van der Waals surface area contributed by atoms with Gasteiger partial charge in [-0.05, 0) is 39.8 Å². The van der Waals surface area contributed by atoms with E-state index < -0.39 is 5.60 Å². The molecule has 1 aliphatic heterocycles. The van der Waals surface area contributed by atoms with Crippen molar-refractivity contribution >= 4 is 23.7 Å². The second-order valence-corrected chi connectivity index (χ2v) is 7.49. The Hall–Kier alpha value is -2.90. The first kappa shape index (κ1) is 18.9. The Balaban J connectivity index is 1.65. The van der Waals surface area contributed by atoms with E-state index in [9.17, 15) is 4.79 Å². The number of rotatable bonds is 3. The van der Waals surface area contributed by atoms with Gasteiger partial charge in [-0.2, -0.15) is 4.98 Å². The molecule has 8 heteroatoms. The highest BCUT2D eigenvalue weighted by molar-refractivity contribution is 5.68. The monoisotopic (exact) mass is 370 g/mol. The highest BCUT2D eigenvalue weighted by Gasteiger charge is 2.27. The third kappa shape index (κ3) is 5.29. The molecule has 27 heavy (non-hydrogen) atoms. The van der Waals surface area contributed by atoms with Crippen LogP contribution in [0.1, 0.15) is 26.5 Å². The van der Waals surface area contributed by atoms with Gasteiger partial charge in [0.1, 0.15) is 17.2 Å². The van der Waals surface area contributed by atoms with Crippen LogP contribution < -0.4 is 10.2 Å². The number of ether oxygens (including phenoxy) is 1. The third-order valence-electron chi connectivity index (χ3n) is 3.98. The fourth-order valence-electron chi connectivity index (χ4n) is 2.74. The van der Waals surface area contributed by atoms with E-state index in [4.69, 9.17) is 4.74 Å². The molecule has 1 N–H and O–H groups in total. The fourth-order valence-corrected chi connectivity index (χ4v) is 2.74. The summed E-state index contributed by atoms with van der Waals surface area (Å²) in [6.45, 7) is 10.0. The van der Waals surface area contributed by atoms with Crippen LogP contribution in [-0.4, -0.2) is 57.7 Å². The van der Waals surface area contributed by atoms with Gasteiger partial charge >= 0.3 is 6.09 Å². The molecule has 3 rings (SSSR count). The Morgan fingerprint density at radius 2 is 1.85 bits per heavy atom. The predicted octanol–water partition coefficient (Wildman–Crippen LogP) is 2.98. The second-order valence-electron chi connectivity index (χ2n) is 7.49. The molecule has 144 valence electrons. The van der Waals surface area contributed by atoms with Gasteiger partial charge in [-0.15, -0.1) is 0 Å². The van der Waals surface area contributed by atoms with Gasteiger partial charge in [-0.25, -0.2) is 14.8 Å². The third-order valence-corrected chi connectivity index (χ3v) is 3.98. The maximum atomic E-state index is 12.2. The topological polar surface area (TPSA) is 83.5 Å². The lowest BCUT2D eigenvalue weighted by atomic mass is 10.2. The van der Waals surface area contributed by atoms with Crippen molar-refractivity contribution < 1.29 is 9.53 Å². The number of nitrogens with one attached hydrogen (secondary N) is 1. The van der Waals surface area contributed by atoms with Gasteiger partial charge in [-0.1, -0.05) is 6.07 Å². The number of carbonyl (C=O) groups excluding carboxylic acids is 1. The molecule has 1 amide bonds. The summed E-state index contributed by atoms with van der Waals surface area (Å²) in [5, 5.41) is 3.20. The number of anilines is 3. The van der Waals surface area contributed by atoms with Crippen LogP contribution in [0, 0.1) is 6.92 Å². The zero-order valence-corrected chi connectivity index (χ0v) is 16.3. The van der Waals surface area contributed by atoms with E-state index in [1.165, 1.54) is 0 Å². The minimum Gasteiger partial charge on any atom is -0.444 e. The lowest BCUT2D eigenvalue weighted by Crippen LogP contribution is -2.50. The van der Waals surface area contributed by atoms with E-state index >= 15 is 0 Å². The van der Waals surface area contributed by atoms with E-state index in [2.05, 4.69) is 25.2 Å². The molecular formula is C19H26N6O2. The van der Waals surface area contributed by atoms with Gasteiger partial charge in [0.15, 0.2) is 0 Å². The zero-order valence-electron chi connectivity index (χ0n) is 16.3. The molecule has 0 bridgehead atoms. The Morgan fingerprint density at radius 3 is 2.48 bits per heavy atom. The van der Waals surface area contributed by atoms with Crippen molar-refractivity contribution in [2.45, 2.75) is 33.3 Å². The van der Waals surface area contributed by atoms with Crippen molar-refractivity contribution in [3.63, 3.8) is 0 Å². The van der Waals surface area contributed by atoms with Gasteiger partial charge in [0.05, 0.1) is 0 Å². The number of hydrogen-bond acceptors (Lipinski definition) is 7. The van der Waals surface area contributed by atoms with Crippen LogP contribution in [0.5, 0.6) is 0 Å².